The van der Waals surface area contributed by atoms with Crippen molar-refractivity contribution in [3.8, 4) is 0 Å². The molecule has 0 fully saturated rings. The van der Waals surface area contributed by atoms with Gasteiger partial charge in [-0.2, -0.15) is 0 Å². The van der Waals surface area contributed by atoms with Crippen molar-refractivity contribution in [1.82, 2.24) is 10.3 Å². The van der Waals surface area contributed by atoms with Gasteiger partial charge in [-0.1, -0.05) is 13.8 Å². The van der Waals surface area contributed by atoms with Gasteiger partial charge in [0.25, 0.3) is 0 Å². The number of hydrogen-bond acceptors (Lipinski definition) is 3. The molecular formula is C10H17N3. The second-order valence-electron chi connectivity index (χ2n) is 3.75. The molecule has 0 unspecified atom stereocenters. The third-order valence-electron chi connectivity index (χ3n) is 2.17. The third kappa shape index (κ3) is 2.79. The van der Waals surface area contributed by atoms with Crippen LogP contribution in [0.2, 0.25) is 0 Å². The first-order valence-corrected chi connectivity index (χ1v) is 4.48. The molecule has 3 N–H and O–H groups in total. The normalized spacial score (nSPS) is 11.6. The topological polar surface area (TPSA) is 50.9 Å². The minimum atomic E-state index is 0.113. The molecule has 0 amide bonds. The first-order chi connectivity index (χ1) is 6.17. The minimum absolute atomic E-state index is 0.113. The molecule has 0 radical (unpaired) electrons. The van der Waals surface area contributed by atoms with E-state index in [4.69, 9.17) is 5.73 Å². The van der Waals surface area contributed by atoms with Crippen molar-refractivity contribution in [2.24, 2.45) is 5.73 Å². The highest BCUT2D eigenvalue weighted by Gasteiger charge is 2.19. The fourth-order valence-corrected chi connectivity index (χ4v) is 1.29. The van der Waals surface area contributed by atoms with Gasteiger partial charge in [0.1, 0.15) is 0 Å². The van der Waals surface area contributed by atoms with E-state index in [0.717, 1.165) is 6.54 Å². The molecule has 1 aromatic heterocycles. The lowest BCUT2D eigenvalue weighted by atomic mass is 9.85. The molecule has 0 atom stereocenters. The Morgan fingerprint density at radius 3 is 2.54 bits per heavy atom. The summed E-state index contributed by atoms with van der Waals surface area (Å²) < 4.78 is 0. The maximum absolute atomic E-state index is 5.39. The van der Waals surface area contributed by atoms with Crippen molar-refractivity contribution in [1.29, 1.82) is 0 Å². The number of rotatable bonds is 4. The van der Waals surface area contributed by atoms with Crippen LogP contribution in [-0.2, 0) is 5.41 Å². The van der Waals surface area contributed by atoms with E-state index in [0.29, 0.717) is 6.67 Å². The first-order valence-electron chi connectivity index (χ1n) is 4.48. The maximum Gasteiger partial charge on any atom is 0.0429 e. The van der Waals surface area contributed by atoms with E-state index in [2.05, 4.69) is 24.1 Å². The Balaban J connectivity index is 2.69. The van der Waals surface area contributed by atoms with Crippen molar-refractivity contribution >= 4 is 0 Å². The van der Waals surface area contributed by atoms with Crippen molar-refractivity contribution in [2.45, 2.75) is 19.3 Å². The van der Waals surface area contributed by atoms with Crippen LogP contribution in [0.1, 0.15) is 19.4 Å². The third-order valence-corrected chi connectivity index (χ3v) is 2.17. The van der Waals surface area contributed by atoms with E-state index >= 15 is 0 Å². The summed E-state index contributed by atoms with van der Waals surface area (Å²) in [5.41, 5.74) is 6.78. The van der Waals surface area contributed by atoms with Gasteiger partial charge in [0.2, 0.25) is 0 Å². The molecule has 1 rings (SSSR count). The average molecular weight is 179 g/mol. The summed E-state index contributed by atoms with van der Waals surface area (Å²) in [7, 11) is 0. The lowest BCUT2D eigenvalue weighted by molar-refractivity contribution is 0.474. The van der Waals surface area contributed by atoms with Crippen LogP contribution in [0, 0.1) is 0 Å². The van der Waals surface area contributed by atoms with E-state index in [1.807, 2.05) is 24.5 Å². The molecular weight excluding hydrogens is 162 g/mol. The van der Waals surface area contributed by atoms with Crippen LogP contribution >= 0.6 is 0 Å². The zero-order chi connectivity index (χ0) is 9.73. The molecule has 1 heterocycles. The number of nitrogens with one attached hydrogen (secondary N) is 1. The van der Waals surface area contributed by atoms with Gasteiger partial charge in [-0.25, -0.2) is 0 Å². The summed E-state index contributed by atoms with van der Waals surface area (Å²) in [6.45, 7) is 5.78. The van der Waals surface area contributed by atoms with Crippen molar-refractivity contribution in [2.75, 3.05) is 13.2 Å². The van der Waals surface area contributed by atoms with Gasteiger partial charge in [0.05, 0.1) is 0 Å². The molecule has 1 aromatic rings. The van der Waals surface area contributed by atoms with Gasteiger partial charge in [-0.3, -0.25) is 4.98 Å². The van der Waals surface area contributed by atoms with Crippen LogP contribution in [0.25, 0.3) is 0 Å². The van der Waals surface area contributed by atoms with E-state index < -0.39 is 0 Å². The molecule has 0 aliphatic heterocycles. The molecule has 0 saturated carbocycles. The Morgan fingerprint density at radius 1 is 1.38 bits per heavy atom. The highest BCUT2D eigenvalue weighted by molar-refractivity contribution is 5.20. The molecule has 0 aromatic carbocycles. The van der Waals surface area contributed by atoms with Crippen LogP contribution in [0.15, 0.2) is 24.5 Å². The highest BCUT2D eigenvalue weighted by Crippen LogP contribution is 2.20. The Hall–Kier alpha value is -0.930. The summed E-state index contributed by atoms with van der Waals surface area (Å²) in [5, 5.41) is 3.14. The monoisotopic (exact) mass is 179 g/mol. The standard InChI is InChI=1S/C10H17N3/c1-10(2,7-13-8-11)9-3-5-12-6-4-9/h3-6,13H,7-8,11H2,1-2H3. The van der Waals surface area contributed by atoms with Crippen molar-refractivity contribution < 1.29 is 0 Å². The van der Waals surface area contributed by atoms with Crippen molar-refractivity contribution in [3.05, 3.63) is 30.1 Å². The quantitative estimate of drug-likeness (QED) is 0.674. The smallest absolute Gasteiger partial charge is 0.0429 e. The summed E-state index contributed by atoms with van der Waals surface area (Å²) >= 11 is 0. The molecule has 13 heavy (non-hydrogen) atoms. The first kappa shape index (κ1) is 10.2. The number of pyridine rings is 1. The van der Waals surface area contributed by atoms with Crippen LogP contribution in [-0.4, -0.2) is 18.2 Å². The summed E-state index contributed by atoms with van der Waals surface area (Å²) in [5.74, 6) is 0. The van der Waals surface area contributed by atoms with E-state index in [1.54, 1.807) is 0 Å². The summed E-state index contributed by atoms with van der Waals surface area (Å²) in [6.07, 6.45) is 3.64. The fourth-order valence-electron chi connectivity index (χ4n) is 1.29. The zero-order valence-corrected chi connectivity index (χ0v) is 8.25. The fraction of sp³-hybridized carbons (Fsp3) is 0.500. The lowest BCUT2D eigenvalue weighted by Gasteiger charge is -2.25. The largest absolute Gasteiger partial charge is 0.318 e. The second kappa shape index (κ2) is 4.35. The van der Waals surface area contributed by atoms with Gasteiger partial charge in [0.15, 0.2) is 0 Å². The van der Waals surface area contributed by atoms with Gasteiger partial charge in [0, 0.05) is 31.0 Å². The van der Waals surface area contributed by atoms with Crippen LogP contribution in [0.4, 0.5) is 0 Å². The average Bonchev–Trinajstić information content (AvgIpc) is 2.16. The predicted molar refractivity (Wildman–Crippen MR) is 54.3 cm³/mol. The lowest BCUT2D eigenvalue weighted by Crippen LogP contribution is -2.35. The van der Waals surface area contributed by atoms with E-state index in [9.17, 15) is 0 Å². The number of nitrogens with two attached hydrogens (primary N) is 1. The summed E-state index contributed by atoms with van der Waals surface area (Å²) in [6, 6.07) is 4.08. The molecule has 0 aliphatic rings. The van der Waals surface area contributed by atoms with Crippen LogP contribution in [0.5, 0.6) is 0 Å². The number of aromatic nitrogens is 1. The predicted octanol–water partition coefficient (Wildman–Crippen LogP) is 0.865. The number of nitrogens with zero attached hydrogens (tertiary/aromatic N) is 1. The Kier molecular flexibility index (Phi) is 3.39. The molecule has 0 saturated heterocycles. The van der Waals surface area contributed by atoms with Crippen molar-refractivity contribution in [3.63, 3.8) is 0 Å². The van der Waals surface area contributed by atoms with E-state index in [1.165, 1.54) is 5.56 Å². The van der Waals surface area contributed by atoms with Gasteiger partial charge >= 0.3 is 0 Å². The minimum Gasteiger partial charge on any atom is -0.318 e. The van der Waals surface area contributed by atoms with Gasteiger partial charge in [-0.05, 0) is 17.7 Å². The Labute approximate surface area is 79.4 Å². The Morgan fingerprint density at radius 2 is 2.00 bits per heavy atom. The van der Waals surface area contributed by atoms with Crippen LogP contribution < -0.4 is 11.1 Å². The zero-order valence-electron chi connectivity index (χ0n) is 8.25. The second-order valence-corrected chi connectivity index (χ2v) is 3.75. The molecule has 0 bridgehead atoms. The van der Waals surface area contributed by atoms with E-state index in [-0.39, 0.29) is 5.41 Å². The maximum atomic E-state index is 5.39. The van der Waals surface area contributed by atoms with Gasteiger partial charge in [-0.15, -0.1) is 0 Å². The SMILES string of the molecule is CC(C)(CNCN)c1ccncc1. The Bertz CT molecular complexity index is 244. The molecule has 72 valence electrons. The van der Waals surface area contributed by atoms with Crippen LogP contribution in [0.3, 0.4) is 0 Å². The highest BCUT2D eigenvalue weighted by atomic mass is 15.0. The molecule has 3 heteroatoms. The molecule has 0 spiro atoms. The van der Waals surface area contributed by atoms with Gasteiger partial charge < -0.3 is 11.1 Å². The molecule has 0 aliphatic carbocycles. The number of hydrogen-bond donors (Lipinski definition) is 2. The summed E-state index contributed by atoms with van der Waals surface area (Å²) in [4.78, 5) is 3.99. The molecule has 3 nitrogen and oxygen atoms in total.